The number of halogens is 1. The minimum Gasteiger partial charge on any atom is -0.507 e. The number of aryl methyl sites for hydroxylation is 1. The molecule has 1 saturated heterocycles. The Bertz CT molecular complexity index is 1580. The van der Waals surface area contributed by atoms with Crippen LogP contribution in [0, 0.1) is 12.7 Å². The third-order valence-corrected chi connectivity index (χ3v) is 7.16. The van der Waals surface area contributed by atoms with E-state index in [-0.39, 0.29) is 16.5 Å². The molecule has 1 fully saturated rings. The quantitative estimate of drug-likeness (QED) is 0.198. The standard InChI is InChI=1S/C28H23FN2O5S/c1-4-36-21-11-8-17(12-15(21)2)25(32)23-24(16-6-5-7-19(13-16)35-3)31(27(34)26(23)33)28-30-20-10-9-18(29)14-22(20)37-28/h5-14,24,32H,4H2,1-3H3/b25-23+. The monoisotopic (exact) mass is 518 g/mol. The molecular weight excluding hydrogens is 495 g/mol. The average Bonchev–Trinajstić information content (AvgIpc) is 3.42. The van der Waals surface area contributed by atoms with Crippen molar-refractivity contribution in [2.45, 2.75) is 19.9 Å². The molecule has 5 rings (SSSR count). The second-order valence-corrected chi connectivity index (χ2v) is 9.48. The number of aromatic nitrogens is 1. The number of fused-ring (bicyclic) bond motifs is 1. The number of hydrogen-bond donors (Lipinski definition) is 1. The Morgan fingerprint density at radius 2 is 1.95 bits per heavy atom. The molecule has 1 aliphatic heterocycles. The van der Waals surface area contributed by atoms with Crippen LogP contribution in [0.15, 0.2) is 66.2 Å². The maximum Gasteiger partial charge on any atom is 0.301 e. The van der Waals surface area contributed by atoms with Crippen molar-refractivity contribution in [2.24, 2.45) is 0 Å². The van der Waals surface area contributed by atoms with Crippen LogP contribution < -0.4 is 14.4 Å². The van der Waals surface area contributed by atoms with Gasteiger partial charge in [0.1, 0.15) is 23.1 Å². The molecule has 0 aliphatic carbocycles. The van der Waals surface area contributed by atoms with Crippen molar-refractivity contribution >= 4 is 44.1 Å². The highest BCUT2D eigenvalue weighted by Crippen LogP contribution is 2.45. The van der Waals surface area contributed by atoms with Crippen LogP contribution in [0.2, 0.25) is 0 Å². The van der Waals surface area contributed by atoms with Crippen molar-refractivity contribution in [1.29, 1.82) is 0 Å². The van der Waals surface area contributed by atoms with Gasteiger partial charge in [-0.15, -0.1) is 0 Å². The first-order valence-electron chi connectivity index (χ1n) is 11.6. The largest absolute Gasteiger partial charge is 0.507 e. The normalized spacial score (nSPS) is 17.0. The fraction of sp³-hybridized carbons (Fsp3) is 0.179. The van der Waals surface area contributed by atoms with Crippen molar-refractivity contribution in [2.75, 3.05) is 18.6 Å². The summed E-state index contributed by atoms with van der Waals surface area (Å²) in [4.78, 5) is 32.6. The molecule has 1 unspecified atom stereocenters. The van der Waals surface area contributed by atoms with Crippen LogP contribution >= 0.6 is 11.3 Å². The first-order chi connectivity index (χ1) is 17.8. The third-order valence-electron chi connectivity index (χ3n) is 6.15. The van der Waals surface area contributed by atoms with Gasteiger partial charge in [0.25, 0.3) is 5.78 Å². The van der Waals surface area contributed by atoms with Crippen LogP contribution in [-0.2, 0) is 9.59 Å². The number of rotatable bonds is 6. The molecule has 0 saturated carbocycles. The van der Waals surface area contributed by atoms with E-state index >= 15 is 0 Å². The van der Waals surface area contributed by atoms with Crippen molar-refractivity contribution in [3.05, 3.63) is 88.7 Å². The molecule has 4 aromatic rings. The van der Waals surface area contributed by atoms with Crippen LogP contribution in [-0.4, -0.2) is 35.5 Å². The van der Waals surface area contributed by atoms with Gasteiger partial charge < -0.3 is 14.6 Å². The Hall–Kier alpha value is -4.24. The fourth-order valence-corrected chi connectivity index (χ4v) is 5.43. The predicted molar refractivity (Wildman–Crippen MR) is 140 cm³/mol. The zero-order valence-corrected chi connectivity index (χ0v) is 21.1. The Kier molecular flexibility index (Phi) is 6.39. The van der Waals surface area contributed by atoms with Crippen molar-refractivity contribution < 1.29 is 28.6 Å². The van der Waals surface area contributed by atoms with Crippen molar-refractivity contribution in [1.82, 2.24) is 4.98 Å². The van der Waals surface area contributed by atoms with E-state index in [2.05, 4.69) is 4.98 Å². The van der Waals surface area contributed by atoms with Gasteiger partial charge in [0.2, 0.25) is 0 Å². The first kappa shape index (κ1) is 24.5. The summed E-state index contributed by atoms with van der Waals surface area (Å²) in [6, 6.07) is 15.1. The van der Waals surface area contributed by atoms with Crippen LogP contribution in [0.4, 0.5) is 9.52 Å². The first-order valence-corrected chi connectivity index (χ1v) is 12.4. The lowest BCUT2D eigenvalue weighted by Gasteiger charge is -2.23. The van der Waals surface area contributed by atoms with Crippen molar-refractivity contribution in [3.63, 3.8) is 0 Å². The number of ether oxygens (including phenoxy) is 2. The number of carbonyl (C=O) groups is 2. The van der Waals surface area contributed by atoms with E-state index in [9.17, 15) is 19.1 Å². The maximum absolute atomic E-state index is 13.8. The number of anilines is 1. The van der Waals surface area contributed by atoms with E-state index < -0.39 is 23.5 Å². The van der Waals surface area contributed by atoms with Crippen LogP contribution in [0.25, 0.3) is 16.0 Å². The highest BCUT2D eigenvalue weighted by atomic mass is 32.1. The summed E-state index contributed by atoms with van der Waals surface area (Å²) in [7, 11) is 1.51. The van der Waals surface area contributed by atoms with E-state index in [0.29, 0.717) is 39.4 Å². The molecule has 37 heavy (non-hydrogen) atoms. The van der Waals surface area contributed by atoms with Gasteiger partial charge in [-0.1, -0.05) is 23.5 Å². The van der Waals surface area contributed by atoms with Crippen LogP contribution in [0.5, 0.6) is 11.5 Å². The van der Waals surface area contributed by atoms with Gasteiger partial charge in [-0.25, -0.2) is 9.37 Å². The SMILES string of the molecule is CCOc1ccc(/C(O)=C2\C(=O)C(=O)N(c3nc4ccc(F)cc4s3)C2c2cccc(OC)c2)cc1C. The summed E-state index contributed by atoms with van der Waals surface area (Å²) in [5.74, 6) is -1.25. The van der Waals surface area contributed by atoms with E-state index in [1.54, 1.807) is 42.5 Å². The zero-order valence-electron chi connectivity index (χ0n) is 20.3. The van der Waals surface area contributed by atoms with Crippen molar-refractivity contribution in [3.8, 4) is 11.5 Å². The third kappa shape index (κ3) is 4.31. The summed E-state index contributed by atoms with van der Waals surface area (Å²) in [6.45, 7) is 4.19. The number of aliphatic hydroxyl groups excluding tert-OH is 1. The molecule has 1 aromatic heterocycles. The summed E-state index contributed by atoms with van der Waals surface area (Å²) in [5, 5.41) is 11.6. The highest BCUT2D eigenvalue weighted by Gasteiger charge is 2.48. The number of hydrogen-bond acceptors (Lipinski definition) is 7. The lowest BCUT2D eigenvalue weighted by molar-refractivity contribution is -0.132. The molecular formula is C28H23FN2O5S. The summed E-state index contributed by atoms with van der Waals surface area (Å²) < 4.78 is 25.3. The Morgan fingerprint density at radius 3 is 2.68 bits per heavy atom. The van der Waals surface area contributed by atoms with E-state index in [0.717, 1.165) is 16.9 Å². The molecule has 188 valence electrons. The molecule has 1 N–H and O–H groups in total. The number of benzene rings is 3. The molecule has 3 aromatic carbocycles. The minimum absolute atomic E-state index is 0.0766. The van der Waals surface area contributed by atoms with Crippen LogP contribution in [0.3, 0.4) is 0 Å². The molecule has 1 aliphatic rings. The lowest BCUT2D eigenvalue weighted by atomic mass is 9.94. The predicted octanol–water partition coefficient (Wildman–Crippen LogP) is 5.78. The van der Waals surface area contributed by atoms with E-state index in [1.165, 1.54) is 30.2 Å². The fourth-order valence-electron chi connectivity index (χ4n) is 4.42. The number of ketones is 1. The number of methoxy groups -OCH3 is 1. The number of aliphatic hydroxyl groups is 1. The van der Waals surface area contributed by atoms with Gasteiger partial charge >= 0.3 is 5.91 Å². The average molecular weight is 519 g/mol. The van der Waals surface area contributed by atoms with Gasteiger partial charge in [-0.3, -0.25) is 14.5 Å². The number of thiazole rings is 1. The van der Waals surface area contributed by atoms with E-state index in [4.69, 9.17) is 9.47 Å². The molecule has 9 heteroatoms. The highest BCUT2D eigenvalue weighted by molar-refractivity contribution is 7.22. The topological polar surface area (TPSA) is 89.0 Å². The second kappa shape index (κ2) is 9.67. The van der Waals surface area contributed by atoms with Gasteiger partial charge in [0.15, 0.2) is 5.13 Å². The zero-order chi connectivity index (χ0) is 26.3. The summed E-state index contributed by atoms with van der Waals surface area (Å²) in [5.41, 5.74) is 2.11. The van der Waals surface area contributed by atoms with Gasteiger partial charge in [0, 0.05) is 5.56 Å². The lowest BCUT2D eigenvalue weighted by Crippen LogP contribution is -2.29. The second-order valence-electron chi connectivity index (χ2n) is 8.47. The maximum atomic E-state index is 13.8. The van der Waals surface area contributed by atoms with Crippen LogP contribution in [0.1, 0.15) is 29.7 Å². The molecule has 0 spiro atoms. The van der Waals surface area contributed by atoms with Gasteiger partial charge in [0.05, 0.1) is 35.5 Å². The summed E-state index contributed by atoms with van der Waals surface area (Å²) in [6.07, 6.45) is 0. The Labute approximate surface area is 216 Å². The molecule has 0 bridgehead atoms. The van der Waals surface area contributed by atoms with Gasteiger partial charge in [-0.2, -0.15) is 0 Å². The van der Waals surface area contributed by atoms with E-state index in [1.807, 2.05) is 13.8 Å². The number of Topliss-reactive ketones (excluding diaryl/α,β-unsaturated/α-hetero) is 1. The molecule has 1 amide bonds. The number of amides is 1. The molecule has 2 heterocycles. The minimum atomic E-state index is -0.979. The summed E-state index contributed by atoms with van der Waals surface area (Å²) >= 11 is 1.09. The Balaban J connectivity index is 1.71. The smallest absolute Gasteiger partial charge is 0.301 e. The van der Waals surface area contributed by atoms with Gasteiger partial charge in [-0.05, 0) is 73.5 Å². The molecule has 1 atom stereocenters. The molecule has 7 nitrogen and oxygen atoms in total. The molecule has 0 radical (unpaired) electrons. The number of carbonyl (C=O) groups excluding carboxylic acids is 2. The Morgan fingerprint density at radius 1 is 1.14 bits per heavy atom. The number of nitrogens with zero attached hydrogens (tertiary/aromatic N) is 2.